The van der Waals surface area contributed by atoms with Gasteiger partial charge in [-0.15, -0.1) is 0 Å². The maximum atomic E-state index is 13.7. The third-order valence-corrected chi connectivity index (χ3v) is 6.73. The van der Waals surface area contributed by atoms with E-state index in [9.17, 15) is 9.59 Å². The minimum absolute atomic E-state index is 0.0178. The summed E-state index contributed by atoms with van der Waals surface area (Å²) in [6, 6.07) is 29.9. The molecule has 0 saturated carbocycles. The molecule has 1 aliphatic heterocycles. The van der Waals surface area contributed by atoms with E-state index in [1.165, 1.54) is 16.8 Å². The largest absolute Gasteiger partial charge is 0.368 e. The van der Waals surface area contributed by atoms with E-state index in [0.717, 1.165) is 21.3 Å². The number of hydrogen-bond acceptors (Lipinski definition) is 6. The Labute approximate surface area is 230 Å². The molecule has 0 bridgehead atoms. The van der Waals surface area contributed by atoms with Gasteiger partial charge in [-0.25, -0.2) is 4.79 Å². The van der Waals surface area contributed by atoms with Gasteiger partial charge in [0.25, 0.3) is 5.56 Å². The average molecular weight is 540 g/mol. The van der Waals surface area contributed by atoms with E-state index in [1.54, 1.807) is 0 Å². The second kappa shape index (κ2) is 13.1. The van der Waals surface area contributed by atoms with Gasteiger partial charge < -0.3 is 14.2 Å². The van der Waals surface area contributed by atoms with Crippen LogP contribution < -0.4 is 11.2 Å². The Hall–Kier alpha value is -4.47. The van der Waals surface area contributed by atoms with Crippen LogP contribution in [0.4, 0.5) is 0 Å². The standard InChI is InChI=1S/C30H29N5O5/c31-33-32-18-25-27(38-20-23-12-6-2-7-13-23)28(39-21-24-14-8-3-9-15-24)29(40-25)34-17-16-26(36)35(30(34)37)19-22-10-4-1-5-11-22/h1-17,25,27-29H,18-21H2/t25-,27?,28?,29-/m1/s1. The lowest BCUT2D eigenvalue weighted by Crippen LogP contribution is -2.44. The highest BCUT2D eigenvalue weighted by Gasteiger charge is 2.47. The molecule has 3 aromatic carbocycles. The van der Waals surface area contributed by atoms with E-state index in [-0.39, 0.29) is 26.3 Å². The zero-order valence-electron chi connectivity index (χ0n) is 21.7. The topological polar surface area (TPSA) is 120 Å². The average Bonchev–Trinajstić information content (AvgIpc) is 3.34. The van der Waals surface area contributed by atoms with Gasteiger partial charge in [0.05, 0.1) is 32.4 Å². The second-order valence-electron chi connectivity index (χ2n) is 9.42. The van der Waals surface area contributed by atoms with Crippen LogP contribution in [0.1, 0.15) is 22.9 Å². The van der Waals surface area contributed by atoms with Crippen LogP contribution in [0, 0.1) is 0 Å². The number of aromatic nitrogens is 2. The van der Waals surface area contributed by atoms with Gasteiger partial charge in [0.15, 0.2) is 6.23 Å². The maximum Gasteiger partial charge on any atom is 0.333 e. The molecular formula is C30H29N5O5. The summed E-state index contributed by atoms with van der Waals surface area (Å²) in [4.78, 5) is 29.3. The molecule has 0 radical (unpaired) electrons. The predicted molar refractivity (Wildman–Crippen MR) is 148 cm³/mol. The number of ether oxygens (including phenoxy) is 3. The van der Waals surface area contributed by atoms with Crippen LogP contribution in [0.25, 0.3) is 10.4 Å². The molecule has 4 atom stereocenters. The number of hydrogen-bond donors (Lipinski definition) is 0. The maximum absolute atomic E-state index is 13.7. The van der Waals surface area contributed by atoms with Crippen molar-refractivity contribution in [2.24, 2.45) is 5.11 Å². The van der Waals surface area contributed by atoms with Crippen LogP contribution in [0.5, 0.6) is 0 Å². The Kier molecular flexibility index (Phi) is 8.85. The van der Waals surface area contributed by atoms with Gasteiger partial charge in [0.1, 0.15) is 12.2 Å². The van der Waals surface area contributed by atoms with Crippen molar-refractivity contribution >= 4 is 0 Å². The lowest BCUT2D eigenvalue weighted by Gasteiger charge is -2.26. The van der Waals surface area contributed by atoms with E-state index in [2.05, 4.69) is 10.0 Å². The van der Waals surface area contributed by atoms with Gasteiger partial charge in [-0.3, -0.25) is 13.9 Å². The van der Waals surface area contributed by atoms with E-state index >= 15 is 0 Å². The number of rotatable bonds is 11. The van der Waals surface area contributed by atoms with Gasteiger partial charge in [-0.1, -0.05) is 96.1 Å². The highest BCUT2D eigenvalue weighted by atomic mass is 16.6. The highest BCUT2D eigenvalue weighted by molar-refractivity contribution is 5.16. The summed E-state index contributed by atoms with van der Waals surface area (Å²) >= 11 is 0. The van der Waals surface area contributed by atoms with Crippen molar-refractivity contribution in [3.63, 3.8) is 0 Å². The molecule has 10 heteroatoms. The van der Waals surface area contributed by atoms with Crippen molar-refractivity contribution in [1.82, 2.24) is 9.13 Å². The van der Waals surface area contributed by atoms with Crippen molar-refractivity contribution in [2.45, 2.75) is 44.3 Å². The van der Waals surface area contributed by atoms with E-state index in [1.807, 2.05) is 91.0 Å². The molecule has 1 aromatic heterocycles. The van der Waals surface area contributed by atoms with Gasteiger partial charge >= 0.3 is 5.69 Å². The fourth-order valence-corrected chi connectivity index (χ4v) is 4.74. The first-order valence-electron chi connectivity index (χ1n) is 13.0. The van der Waals surface area contributed by atoms with Gasteiger partial charge in [-0.2, -0.15) is 0 Å². The monoisotopic (exact) mass is 539 g/mol. The smallest absolute Gasteiger partial charge is 0.333 e. The molecule has 40 heavy (non-hydrogen) atoms. The summed E-state index contributed by atoms with van der Waals surface area (Å²) in [5.41, 5.74) is 10.7. The minimum Gasteiger partial charge on any atom is -0.368 e. The predicted octanol–water partition coefficient (Wildman–Crippen LogP) is 4.44. The molecule has 0 aliphatic carbocycles. The summed E-state index contributed by atoms with van der Waals surface area (Å²) in [5.74, 6) is 0. The molecular weight excluding hydrogens is 510 g/mol. The molecule has 1 aliphatic rings. The number of benzene rings is 3. The van der Waals surface area contributed by atoms with Gasteiger partial charge in [0.2, 0.25) is 0 Å². The van der Waals surface area contributed by atoms with Gasteiger partial charge in [-0.05, 0) is 22.2 Å². The fraction of sp³-hybridized carbons (Fsp3) is 0.267. The van der Waals surface area contributed by atoms with Crippen LogP contribution in [0.3, 0.4) is 0 Å². The zero-order valence-corrected chi connectivity index (χ0v) is 21.7. The van der Waals surface area contributed by atoms with Crippen LogP contribution >= 0.6 is 0 Å². The second-order valence-corrected chi connectivity index (χ2v) is 9.42. The molecule has 2 unspecified atom stereocenters. The van der Waals surface area contributed by atoms with Gasteiger partial charge in [0, 0.05) is 17.2 Å². The first kappa shape index (κ1) is 27.1. The van der Waals surface area contributed by atoms with E-state index in [4.69, 9.17) is 19.7 Å². The van der Waals surface area contributed by atoms with E-state index in [0.29, 0.717) is 0 Å². The lowest BCUT2D eigenvalue weighted by molar-refractivity contribution is -0.0915. The van der Waals surface area contributed by atoms with Crippen molar-refractivity contribution < 1.29 is 14.2 Å². The Morgan fingerprint density at radius 1 is 0.775 bits per heavy atom. The minimum atomic E-state index is -0.932. The Morgan fingerprint density at radius 2 is 1.32 bits per heavy atom. The third kappa shape index (κ3) is 6.39. The fourth-order valence-electron chi connectivity index (χ4n) is 4.74. The summed E-state index contributed by atoms with van der Waals surface area (Å²) in [6.45, 7) is 0.596. The molecule has 1 saturated heterocycles. The van der Waals surface area contributed by atoms with Crippen LogP contribution in [0.2, 0.25) is 0 Å². The molecule has 1 fully saturated rings. The Balaban J connectivity index is 1.50. The number of azide groups is 1. The summed E-state index contributed by atoms with van der Waals surface area (Å²) in [6.07, 6.45) is -1.62. The zero-order chi connectivity index (χ0) is 27.7. The van der Waals surface area contributed by atoms with Crippen LogP contribution in [-0.2, 0) is 34.0 Å². The molecule has 0 N–H and O–H groups in total. The molecule has 0 amide bonds. The molecule has 4 aromatic rings. The Morgan fingerprint density at radius 3 is 1.90 bits per heavy atom. The molecule has 5 rings (SSSR count). The van der Waals surface area contributed by atoms with Crippen molar-refractivity contribution in [3.05, 3.63) is 151 Å². The normalized spacial score (nSPS) is 20.2. The lowest BCUT2D eigenvalue weighted by atomic mass is 10.1. The molecule has 10 nitrogen and oxygen atoms in total. The summed E-state index contributed by atoms with van der Waals surface area (Å²) in [5, 5.41) is 3.73. The number of nitrogens with zero attached hydrogens (tertiary/aromatic N) is 5. The quantitative estimate of drug-likeness (QED) is 0.159. The van der Waals surface area contributed by atoms with Crippen LogP contribution in [0.15, 0.2) is 118 Å². The molecule has 204 valence electrons. The Bertz CT molecular complexity index is 1550. The van der Waals surface area contributed by atoms with E-state index < -0.39 is 35.8 Å². The first-order chi connectivity index (χ1) is 19.6. The SMILES string of the molecule is [N-]=[N+]=NC[C@H]1O[C@@H](n2ccc(=O)n(Cc3ccccc3)c2=O)C(OCc2ccccc2)C1OCc1ccccc1. The van der Waals surface area contributed by atoms with Crippen molar-refractivity contribution in [2.75, 3.05) is 6.54 Å². The third-order valence-electron chi connectivity index (χ3n) is 6.73. The van der Waals surface area contributed by atoms with Crippen molar-refractivity contribution in [1.29, 1.82) is 0 Å². The summed E-state index contributed by atoms with van der Waals surface area (Å²) in [7, 11) is 0. The summed E-state index contributed by atoms with van der Waals surface area (Å²) < 4.78 is 21.5. The highest BCUT2D eigenvalue weighted by Crippen LogP contribution is 2.34. The first-order valence-corrected chi connectivity index (χ1v) is 13.0. The van der Waals surface area contributed by atoms with Crippen molar-refractivity contribution in [3.8, 4) is 0 Å². The molecule has 0 spiro atoms. The molecule has 2 heterocycles. The van der Waals surface area contributed by atoms with Crippen LogP contribution in [-0.4, -0.2) is 34.0 Å².